The van der Waals surface area contributed by atoms with Crippen LogP contribution in [0.1, 0.15) is 29.8 Å². The van der Waals surface area contributed by atoms with E-state index in [2.05, 4.69) is 5.32 Å². The standard InChI is InChI=1S/C12H11NO3S2/c1-6-5-8(7(2)18-6)11(14)13-9-3-4-17-10(9)12(15)16/h3-5H,1-2H3,(H,13,14)(H,15,16). The summed E-state index contributed by atoms with van der Waals surface area (Å²) in [5, 5.41) is 13.2. The van der Waals surface area contributed by atoms with Crippen molar-refractivity contribution in [1.29, 1.82) is 0 Å². The monoisotopic (exact) mass is 281 g/mol. The second-order valence-corrected chi connectivity index (χ2v) is 6.13. The van der Waals surface area contributed by atoms with Crippen molar-refractivity contribution in [2.75, 3.05) is 5.32 Å². The number of carbonyl (C=O) groups excluding carboxylic acids is 1. The molecule has 94 valence electrons. The minimum Gasteiger partial charge on any atom is -0.477 e. The van der Waals surface area contributed by atoms with Crippen LogP contribution in [0.2, 0.25) is 0 Å². The number of aryl methyl sites for hydroxylation is 2. The van der Waals surface area contributed by atoms with E-state index >= 15 is 0 Å². The molecule has 0 aliphatic rings. The molecule has 2 aromatic heterocycles. The number of hydrogen-bond acceptors (Lipinski definition) is 4. The van der Waals surface area contributed by atoms with E-state index < -0.39 is 5.97 Å². The third kappa shape index (κ3) is 2.44. The fraction of sp³-hybridized carbons (Fsp3) is 0.167. The molecule has 0 saturated carbocycles. The summed E-state index contributed by atoms with van der Waals surface area (Å²) in [6, 6.07) is 3.41. The highest BCUT2D eigenvalue weighted by molar-refractivity contribution is 7.12. The molecule has 0 aliphatic heterocycles. The lowest BCUT2D eigenvalue weighted by Crippen LogP contribution is -2.13. The maximum Gasteiger partial charge on any atom is 0.348 e. The van der Waals surface area contributed by atoms with Gasteiger partial charge in [0.1, 0.15) is 4.88 Å². The van der Waals surface area contributed by atoms with E-state index in [-0.39, 0.29) is 10.8 Å². The summed E-state index contributed by atoms with van der Waals surface area (Å²) in [6.45, 7) is 3.81. The minimum absolute atomic E-state index is 0.146. The molecule has 2 rings (SSSR count). The second kappa shape index (κ2) is 4.91. The number of aromatic carboxylic acids is 1. The van der Waals surface area contributed by atoms with Gasteiger partial charge < -0.3 is 10.4 Å². The Morgan fingerprint density at radius 1 is 1.33 bits per heavy atom. The third-order valence-corrected chi connectivity index (χ3v) is 4.26. The number of carboxylic acids is 1. The maximum absolute atomic E-state index is 12.0. The van der Waals surface area contributed by atoms with Crippen molar-refractivity contribution < 1.29 is 14.7 Å². The Hall–Kier alpha value is -1.66. The van der Waals surface area contributed by atoms with Gasteiger partial charge in [-0.05, 0) is 31.4 Å². The number of hydrogen-bond donors (Lipinski definition) is 2. The fourth-order valence-electron chi connectivity index (χ4n) is 1.62. The molecular weight excluding hydrogens is 270 g/mol. The lowest BCUT2D eigenvalue weighted by atomic mass is 10.2. The van der Waals surface area contributed by atoms with Crippen LogP contribution in [0.3, 0.4) is 0 Å². The first-order chi connectivity index (χ1) is 8.49. The molecule has 2 aromatic rings. The highest BCUT2D eigenvalue weighted by Crippen LogP contribution is 2.25. The van der Waals surface area contributed by atoms with Gasteiger partial charge in [-0.2, -0.15) is 0 Å². The first-order valence-corrected chi connectivity index (χ1v) is 6.88. The third-order valence-electron chi connectivity index (χ3n) is 2.39. The van der Waals surface area contributed by atoms with E-state index in [1.54, 1.807) is 22.8 Å². The van der Waals surface area contributed by atoms with Gasteiger partial charge in [0, 0.05) is 9.75 Å². The molecular formula is C12H11NO3S2. The highest BCUT2D eigenvalue weighted by Gasteiger charge is 2.17. The average Bonchev–Trinajstić information content (AvgIpc) is 2.85. The summed E-state index contributed by atoms with van der Waals surface area (Å²) in [6.07, 6.45) is 0. The van der Waals surface area contributed by atoms with Gasteiger partial charge in [0.05, 0.1) is 11.3 Å². The van der Waals surface area contributed by atoms with Gasteiger partial charge in [0.2, 0.25) is 0 Å². The Balaban J connectivity index is 2.24. The van der Waals surface area contributed by atoms with Crippen LogP contribution < -0.4 is 5.32 Å². The summed E-state index contributed by atoms with van der Waals surface area (Å²) in [5.74, 6) is -1.30. The van der Waals surface area contributed by atoms with Gasteiger partial charge in [-0.15, -0.1) is 22.7 Å². The lowest BCUT2D eigenvalue weighted by molar-refractivity contribution is 0.0703. The van der Waals surface area contributed by atoms with Gasteiger partial charge in [0.15, 0.2) is 0 Å². The summed E-state index contributed by atoms with van der Waals surface area (Å²) in [4.78, 5) is 25.1. The average molecular weight is 281 g/mol. The van der Waals surface area contributed by atoms with Crippen LogP contribution in [-0.4, -0.2) is 17.0 Å². The molecule has 0 aliphatic carbocycles. The van der Waals surface area contributed by atoms with E-state index in [1.165, 1.54) is 0 Å². The first kappa shape index (κ1) is 12.8. The molecule has 0 radical (unpaired) electrons. The second-order valence-electron chi connectivity index (χ2n) is 3.75. The lowest BCUT2D eigenvalue weighted by Gasteiger charge is -2.03. The molecule has 2 N–H and O–H groups in total. The van der Waals surface area contributed by atoms with E-state index in [9.17, 15) is 9.59 Å². The smallest absolute Gasteiger partial charge is 0.348 e. The zero-order valence-electron chi connectivity index (χ0n) is 9.81. The quantitative estimate of drug-likeness (QED) is 0.906. The molecule has 0 atom stereocenters. The number of thiophene rings is 2. The predicted octanol–water partition coefficient (Wildman–Crippen LogP) is 3.38. The normalized spacial score (nSPS) is 10.3. The van der Waals surface area contributed by atoms with Crippen molar-refractivity contribution in [3.8, 4) is 0 Å². The van der Waals surface area contributed by atoms with E-state index in [1.807, 2.05) is 19.9 Å². The molecule has 0 fully saturated rings. The van der Waals surface area contributed by atoms with Gasteiger partial charge in [-0.3, -0.25) is 4.79 Å². The van der Waals surface area contributed by atoms with Crippen LogP contribution in [0.5, 0.6) is 0 Å². The minimum atomic E-state index is -1.03. The number of carbonyl (C=O) groups is 2. The van der Waals surface area contributed by atoms with Crippen molar-refractivity contribution in [3.63, 3.8) is 0 Å². The van der Waals surface area contributed by atoms with Crippen LogP contribution in [0, 0.1) is 13.8 Å². The Bertz CT molecular complexity index is 613. The molecule has 0 spiro atoms. The largest absolute Gasteiger partial charge is 0.477 e. The van der Waals surface area contributed by atoms with Gasteiger partial charge in [-0.1, -0.05) is 0 Å². The zero-order chi connectivity index (χ0) is 13.3. The highest BCUT2D eigenvalue weighted by atomic mass is 32.1. The van der Waals surface area contributed by atoms with Crippen LogP contribution in [0.25, 0.3) is 0 Å². The Morgan fingerprint density at radius 2 is 2.06 bits per heavy atom. The molecule has 0 saturated heterocycles. The zero-order valence-corrected chi connectivity index (χ0v) is 11.4. The van der Waals surface area contributed by atoms with E-state index in [4.69, 9.17) is 5.11 Å². The fourth-order valence-corrected chi connectivity index (χ4v) is 3.23. The Labute approximate surface area is 112 Å². The van der Waals surface area contributed by atoms with Crippen LogP contribution in [0.15, 0.2) is 17.5 Å². The molecule has 18 heavy (non-hydrogen) atoms. The molecule has 2 heterocycles. The van der Waals surface area contributed by atoms with Crippen LogP contribution >= 0.6 is 22.7 Å². The number of anilines is 1. The van der Waals surface area contributed by atoms with Gasteiger partial charge in [0.25, 0.3) is 5.91 Å². The predicted molar refractivity (Wildman–Crippen MR) is 73.0 cm³/mol. The van der Waals surface area contributed by atoms with E-state index in [0.717, 1.165) is 21.1 Å². The summed E-state index contributed by atoms with van der Waals surface area (Å²) < 4.78 is 0. The van der Waals surface area contributed by atoms with Crippen molar-refractivity contribution in [2.45, 2.75) is 13.8 Å². The number of amides is 1. The topological polar surface area (TPSA) is 66.4 Å². The van der Waals surface area contributed by atoms with Crippen LogP contribution in [0.4, 0.5) is 5.69 Å². The van der Waals surface area contributed by atoms with E-state index in [0.29, 0.717) is 11.3 Å². The Kier molecular flexibility index (Phi) is 3.49. The summed E-state index contributed by atoms with van der Waals surface area (Å²) in [5.41, 5.74) is 0.945. The van der Waals surface area contributed by atoms with Crippen molar-refractivity contribution in [2.24, 2.45) is 0 Å². The van der Waals surface area contributed by atoms with Crippen molar-refractivity contribution >= 4 is 40.2 Å². The van der Waals surface area contributed by atoms with Crippen molar-refractivity contribution in [1.82, 2.24) is 0 Å². The Morgan fingerprint density at radius 3 is 2.61 bits per heavy atom. The maximum atomic E-state index is 12.0. The number of carboxylic acid groups (broad SMARTS) is 1. The molecule has 6 heteroatoms. The molecule has 0 unspecified atom stereocenters. The number of nitrogens with one attached hydrogen (secondary N) is 1. The number of rotatable bonds is 3. The molecule has 0 aromatic carbocycles. The van der Waals surface area contributed by atoms with Gasteiger partial charge >= 0.3 is 5.97 Å². The molecule has 0 bridgehead atoms. The summed E-state index contributed by atoms with van der Waals surface area (Å²) in [7, 11) is 0. The molecule has 4 nitrogen and oxygen atoms in total. The SMILES string of the molecule is Cc1cc(C(=O)Nc2ccsc2C(=O)O)c(C)s1. The summed E-state index contributed by atoms with van der Waals surface area (Å²) >= 11 is 2.64. The van der Waals surface area contributed by atoms with Crippen molar-refractivity contribution in [3.05, 3.63) is 37.7 Å². The van der Waals surface area contributed by atoms with Crippen LogP contribution in [-0.2, 0) is 0 Å². The van der Waals surface area contributed by atoms with Gasteiger partial charge in [-0.25, -0.2) is 4.79 Å². The molecule has 1 amide bonds. The first-order valence-electron chi connectivity index (χ1n) is 5.18.